The second-order valence-electron chi connectivity index (χ2n) is 5.48. The highest BCUT2D eigenvalue weighted by atomic mass is 16.4. The third-order valence-corrected chi connectivity index (χ3v) is 4.07. The lowest BCUT2D eigenvalue weighted by molar-refractivity contribution is 0.0697. The van der Waals surface area contributed by atoms with Crippen LogP contribution in [-0.2, 0) is 13.2 Å². The van der Waals surface area contributed by atoms with Gasteiger partial charge in [-0.15, -0.1) is 0 Å². The van der Waals surface area contributed by atoms with E-state index in [1.54, 1.807) is 18.2 Å². The fourth-order valence-corrected chi connectivity index (χ4v) is 2.95. The zero-order chi connectivity index (χ0) is 14.8. The normalized spacial score (nSPS) is 16.4. The van der Waals surface area contributed by atoms with Crippen molar-refractivity contribution in [3.8, 4) is 0 Å². The van der Waals surface area contributed by atoms with Crippen molar-refractivity contribution in [2.24, 2.45) is 5.73 Å². The van der Waals surface area contributed by atoms with Gasteiger partial charge in [0.15, 0.2) is 0 Å². The predicted octanol–water partition coefficient (Wildman–Crippen LogP) is 1.64. The fraction of sp³-hybridized carbons (Fsp3) is 0.467. The molecule has 0 spiro atoms. The summed E-state index contributed by atoms with van der Waals surface area (Å²) in [6.45, 7) is 3.26. The Hall–Kier alpha value is -1.92. The molecule has 1 aliphatic heterocycles. The van der Waals surface area contributed by atoms with E-state index in [0.717, 1.165) is 36.5 Å². The van der Waals surface area contributed by atoms with Crippen LogP contribution in [-0.4, -0.2) is 38.6 Å². The molecule has 2 heterocycles. The van der Waals surface area contributed by atoms with E-state index in [-0.39, 0.29) is 5.56 Å². The Morgan fingerprint density at radius 3 is 2.71 bits per heavy atom. The number of hydrogen-bond acceptors (Lipinski definition) is 4. The molecule has 0 amide bonds. The smallest absolute Gasteiger partial charge is 0.335 e. The molecule has 3 N–H and O–H groups in total. The number of carbonyl (C=O) groups is 1. The van der Waals surface area contributed by atoms with Gasteiger partial charge in [-0.05, 0) is 44.1 Å². The van der Waals surface area contributed by atoms with Crippen molar-refractivity contribution in [2.45, 2.75) is 32.5 Å². The van der Waals surface area contributed by atoms with Crippen LogP contribution >= 0.6 is 0 Å². The van der Waals surface area contributed by atoms with Crippen molar-refractivity contribution in [2.75, 3.05) is 13.1 Å². The number of imidazole rings is 1. The summed E-state index contributed by atoms with van der Waals surface area (Å²) in [5, 5.41) is 9.11. The first-order valence-electron chi connectivity index (χ1n) is 7.34. The van der Waals surface area contributed by atoms with Crippen molar-refractivity contribution < 1.29 is 9.90 Å². The van der Waals surface area contributed by atoms with Gasteiger partial charge in [-0.25, -0.2) is 9.78 Å². The minimum absolute atomic E-state index is 0.265. The van der Waals surface area contributed by atoms with E-state index in [1.165, 1.54) is 19.3 Å². The molecule has 6 heteroatoms. The van der Waals surface area contributed by atoms with Crippen LogP contribution in [0.25, 0.3) is 11.0 Å². The Balaban J connectivity index is 1.96. The van der Waals surface area contributed by atoms with Crippen molar-refractivity contribution >= 4 is 17.0 Å². The van der Waals surface area contributed by atoms with Crippen LogP contribution < -0.4 is 5.73 Å². The number of nitrogens with two attached hydrogens (primary N) is 1. The van der Waals surface area contributed by atoms with Crippen LogP contribution in [0.2, 0.25) is 0 Å². The van der Waals surface area contributed by atoms with Gasteiger partial charge in [-0.2, -0.15) is 0 Å². The standard InChI is InChI=1S/C15H20N4O2/c16-10-19-13-8-11(15(20)21)4-5-12(13)17-14(19)9-18-6-2-1-3-7-18/h4-5,8H,1-3,6-7,9-10,16H2,(H,20,21). The molecule has 6 nitrogen and oxygen atoms in total. The van der Waals surface area contributed by atoms with Crippen molar-refractivity contribution in [1.29, 1.82) is 0 Å². The SMILES string of the molecule is NCn1c(CN2CCCCC2)nc2ccc(C(=O)O)cc21. The average molecular weight is 288 g/mol. The van der Waals surface area contributed by atoms with E-state index in [4.69, 9.17) is 10.8 Å². The molecule has 1 saturated heterocycles. The van der Waals surface area contributed by atoms with Crippen molar-refractivity contribution in [1.82, 2.24) is 14.5 Å². The molecule has 0 radical (unpaired) electrons. The van der Waals surface area contributed by atoms with Crippen molar-refractivity contribution in [3.05, 3.63) is 29.6 Å². The minimum atomic E-state index is -0.931. The molecule has 21 heavy (non-hydrogen) atoms. The molecular formula is C15H20N4O2. The molecule has 1 aromatic carbocycles. The van der Waals surface area contributed by atoms with Crippen LogP contribution in [0.3, 0.4) is 0 Å². The Morgan fingerprint density at radius 1 is 1.29 bits per heavy atom. The summed E-state index contributed by atoms with van der Waals surface area (Å²) >= 11 is 0. The Morgan fingerprint density at radius 2 is 2.05 bits per heavy atom. The number of carboxylic acid groups (broad SMARTS) is 1. The van der Waals surface area contributed by atoms with Gasteiger partial charge in [-0.3, -0.25) is 4.90 Å². The molecular weight excluding hydrogens is 268 g/mol. The van der Waals surface area contributed by atoms with Gasteiger partial charge in [0.25, 0.3) is 0 Å². The van der Waals surface area contributed by atoms with Crippen LogP contribution in [0.1, 0.15) is 35.4 Å². The highest BCUT2D eigenvalue weighted by molar-refractivity contribution is 5.92. The predicted molar refractivity (Wildman–Crippen MR) is 80.0 cm³/mol. The number of benzene rings is 1. The lowest BCUT2D eigenvalue weighted by atomic mass is 10.1. The van der Waals surface area contributed by atoms with E-state index >= 15 is 0 Å². The first-order valence-corrected chi connectivity index (χ1v) is 7.34. The molecule has 3 rings (SSSR count). The van der Waals surface area contributed by atoms with Gasteiger partial charge in [0.2, 0.25) is 0 Å². The van der Waals surface area contributed by atoms with Crippen molar-refractivity contribution in [3.63, 3.8) is 0 Å². The highest BCUT2D eigenvalue weighted by Gasteiger charge is 2.16. The fourth-order valence-electron chi connectivity index (χ4n) is 2.95. The summed E-state index contributed by atoms with van der Waals surface area (Å²) in [6, 6.07) is 4.99. The maximum absolute atomic E-state index is 11.1. The van der Waals surface area contributed by atoms with Gasteiger partial charge in [0.1, 0.15) is 5.82 Å². The first kappa shape index (κ1) is 14.0. The number of aromatic nitrogens is 2. The molecule has 0 unspecified atom stereocenters. The zero-order valence-electron chi connectivity index (χ0n) is 12.0. The van der Waals surface area contributed by atoms with E-state index in [1.807, 2.05) is 4.57 Å². The number of carboxylic acids is 1. The Kier molecular flexibility index (Phi) is 3.90. The minimum Gasteiger partial charge on any atom is -0.478 e. The third-order valence-electron chi connectivity index (χ3n) is 4.07. The third kappa shape index (κ3) is 2.77. The van der Waals surface area contributed by atoms with Crippen LogP contribution in [0, 0.1) is 0 Å². The lowest BCUT2D eigenvalue weighted by Crippen LogP contribution is -2.30. The number of piperidine rings is 1. The Labute approximate surface area is 123 Å². The molecule has 112 valence electrons. The first-order chi connectivity index (χ1) is 10.2. The van der Waals surface area contributed by atoms with Gasteiger partial charge in [0, 0.05) is 0 Å². The molecule has 0 saturated carbocycles. The summed E-state index contributed by atoms with van der Waals surface area (Å²) in [5.74, 6) is -0.0174. The van der Waals surface area contributed by atoms with Gasteiger partial charge >= 0.3 is 5.97 Å². The molecule has 0 aliphatic carbocycles. The topological polar surface area (TPSA) is 84.4 Å². The molecule has 1 fully saturated rings. The lowest BCUT2D eigenvalue weighted by Gasteiger charge is -2.26. The second kappa shape index (κ2) is 5.83. The van der Waals surface area contributed by atoms with Gasteiger partial charge < -0.3 is 15.4 Å². The van der Waals surface area contributed by atoms with E-state index in [2.05, 4.69) is 9.88 Å². The van der Waals surface area contributed by atoms with Crippen LogP contribution in [0.4, 0.5) is 0 Å². The number of likely N-dealkylation sites (tertiary alicyclic amines) is 1. The van der Waals surface area contributed by atoms with E-state index < -0.39 is 5.97 Å². The largest absolute Gasteiger partial charge is 0.478 e. The molecule has 1 aliphatic rings. The number of aromatic carboxylic acids is 1. The summed E-state index contributed by atoms with van der Waals surface area (Å²) in [7, 11) is 0. The summed E-state index contributed by atoms with van der Waals surface area (Å²) < 4.78 is 1.91. The van der Waals surface area contributed by atoms with Crippen LogP contribution in [0.15, 0.2) is 18.2 Å². The van der Waals surface area contributed by atoms with Gasteiger partial charge in [-0.1, -0.05) is 6.42 Å². The summed E-state index contributed by atoms with van der Waals surface area (Å²) in [5.41, 5.74) is 7.71. The van der Waals surface area contributed by atoms with Gasteiger partial charge in [0.05, 0.1) is 29.8 Å². The quantitative estimate of drug-likeness (QED) is 0.893. The van der Waals surface area contributed by atoms with E-state index in [9.17, 15) is 4.79 Å². The summed E-state index contributed by atoms with van der Waals surface area (Å²) in [6.07, 6.45) is 3.75. The van der Waals surface area contributed by atoms with Crippen LogP contribution in [0.5, 0.6) is 0 Å². The maximum atomic E-state index is 11.1. The Bertz CT molecular complexity index is 659. The second-order valence-corrected chi connectivity index (χ2v) is 5.48. The molecule has 0 atom stereocenters. The number of nitrogens with zero attached hydrogens (tertiary/aromatic N) is 3. The zero-order valence-corrected chi connectivity index (χ0v) is 12.0. The monoisotopic (exact) mass is 288 g/mol. The number of hydrogen-bond donors (Lipinski definition) is 2. The average Bonchev–Trinajstić information content (AvgIpc) is 2.84. The summed E-state index contributed by atoms with van der Waals surface area (Å²) in [4.78, 5) is 18.1. The number of fused-ring (bicyclic) bond motifs is 1. The molecule has 1 aromatic heterocycles. The number of rotatable bonds is 4. The molecule has 2 aromatic rings. The maximum Gasteiger partial charge on any atom is 0.335 e. The van der Waals surface area contributed by atoms with E-state index in [0.29, 0.717) is 6.67 Å². The highest BCUT2D eigenvalue weighted by Crippen LogP contribution is 2.20. The molecule has 0 bridgehead atoms.